The first-order chi connectivity index (χ1) is 8.01. The van der Waals surface area contributed by atoms with Crippen molar-refractivity contribution in [1.29, 1.82) is 5.26 Å². The van der Waals surface area contributed by atoms with E-state index in [1.807, 2.05) is 0 Å². The lowest BCUT2D eigenvalue weighted by molar-refractivity contribution is -0.143. The lowest BCUT2D eigenvalue weighted by atomic mass is 10.2. The van der Waals surface area contributed by atoms with Crippen molar-refractivity contribution in [2.45, 2.75) is 26.8 Å². The van der Waals surface area contributed by atoms with E-state index in [0.717, 1.165) is 0 Å². The van der Waals surface area contributed by atoms with Gasteiger partial charge in [0.15, 0.2) is 0 Å². The highest BCUT2D eigenvalue weighted by molar-refractivity contribution is 5.79. The van der Waals surface area contributed by atoms with E-state index in [-0.39, 0.29) is 5.97 Å². The zero-order valence-corrected chi connectivity index (χ0v) is 10.4. The second-order valence-corrected chi connectivity index (χ2v) is 3.66. The molecule has 1 N–H and O–H groups in total. The molecule has 1 heterocycles. The molecule has 1 rings (SSSR count). The Balaban J connectivity index is 2.89. The van der Waals surface area contributed by atoms with E-state index in [1.54, 1.807) is 32.5 Å². The maximum absolute atomic E-state index is 11.5. The Bertz CT molecular complexity index is 459. The van der Waals surface area contributed by atoms with Crippen LogP contribution < -0.4 is 5.32 Å². The Morgan fingerprint density at radius 3 is 2.88 bits per heavy atom. The van der Waals surface area contributed by atoms with Crippen LogP contribution in [0.3, 0.4) is 0 Å². The van der Waals surface area contributed by atoms with Crippen LogP contribution in [-0.2, 0) is 16.6 Å². The molecule has 0 radical (unpaired) electrons. The molecule has 0 aliphatic rings. The summed E-state index contributed by atoms with van der Waals surface area (Å²) in [7, 11) is 1.72. The lowest BCUT2D eigenvalue weighted by Gasteiger charge is -2.13. The minimum atomic E-state index is -0.517. The maximum Gasteiger partial charge on any atom is 0.328 e. The van der Waals surface area contributed by atoms with E-state index in [1.165, 1.54) is 0 Å². The fourth-order valence-corrected chi connectivity index (χ4v) is 1.49. The summed E-state index contributed by atoms with van der Waals surface area (Å²) in [5, 5.41) is 16.1. The number of carbonyl (C=O) groups excluding carboxylic acids is 1. The van der Waals surface area contributed by atoms with Gasteiger partial charge in [-0.25, -0.2) is 4.79 Å². The Morgan fingerprint density at radius 2 is 2.35 bits per heavy atom. The van der Waals surface area contributed by atoms with Gasteiger partial charge in [-0.3, -0.25) is 4.68 Å². The number of nitrogens with zero attached hydrogens (tertiary/aromatic N) is 3. The quantitative estimate of drug-likeness (QED) is 0.788. The van der Waals surface area contributed by atoms with E-state index in [4.69, 9.17) is 10.00 Å². The number of hydrogen-bond acceptors (Lipinski definition) is 5. The van der Waals surface area contributed by atoms with Crippen molar-refractivity contribution >= 4 is 11.8 Å². The van der Waals surface area contributed by atoms with Crippen molar-refractivity contribution in [3.05, 3.63) is 11.3 Å². The van der Waals surface area contributed by atoms with E-state index in [9.17, 15) is 4.79 Å². The van der Waals surface area contributed by atoms with Gasteiger partial charge in [0, 0.05) is 7.05 Å². The van der Waals surface area contributed by atoms with Gasteiger partial charge in [0.2, 0.25) is 0 Å². The number of hydrogen-bond donors (Lipinski definition) is 1. The number of anilines is 1. The average Bonchev–Trinajstić information content (AvgIpc) is 2.53. The molecule has 1 atom stereocenters. The number of ether oxygens (including phenoxy) is 1. The highest BCUT2D eigenvalue weighted by Crippen LogP contribution is 2.18. The zero-order valence-electron chi connectivity index (χ0n) is 10.4. The van der Waals surface area contributed by atoms with Crippen LogP contribution in [0.4, 0.5) is 5.82 Å². The molecule has 6 nitrogen and oxygen atoms in total. The number of rotatable bonds is 4. The minimum absolute atomic E-state index is 0.334. The van der Waals surface area contributed by atoms with Crippen molar-refractivity contribution in [3.63, 3.8) is 0 Å². The van der Waals surface area contributed by atoms with Crippen LogP contribution in [0.25, 0.3) is 0 Å². The third kappa shape index (κ3) is 2.75. The fraction of sp³-hybridized carbons (Fsp3) is 0.545. The van der Waals surface area contributed by atoms with Gasteiger partial charge < -0.3 is 10.1 Å². The van der Waals surface area contributed by atoms with E-state index in [0.29, 0.717) is 23.7 Å². The summed E-state index contributed by atoms with van der Waals surface area (Å²) in [5.41, 5.74) is 1.08. The summed E-state index contributed by atoms with van der Waals surface area (Å²) >= 11 is 0. The zero-order chi connectivity index (χ0) is 13.0. The van der Waals surface area contributed by atoms with Gasteiger partial charge >= 0.3 is 5.97 Å². The van der Waals surface area contributed by atoms with Gasteiger partial charge in [-0.1, -0.05) is 0 Å². The molecule has 0 fully saturated rings. The van der Waals surface area contributed by atoms with Gasteiger partial charge in [0.05, 0.1) is 12.3 Å². The minimum Gasteiger partial charge on any atom is -0.464 e. The summed E-state index contributed by atoms with van der Waals surface area (Å²) in [6, 6.07) is 1.55. The number of carbonyl (C=O) groups is 1. The second kappa shape index (κ2) is 5.34. The van der Waals surface area contributed by atoms with Crippen LogP contribution in [-0.4, -0.2) is 28.4 Å². The molecule has 1 aromatic heterocycles. The molecular weight excluding hydrogens is 220 g/mol. The average molecular weight is 236 g/mol. The summed E-state index contributed by atoms with van der Waals surface area (Å²) < 4.78 is 6.43. The fourth-order valence-electron chi connectivity index (χ4n) is 1.49. The molecule has 17 heavy (non-hydrogen) atoms. The molecular formula is C11H16N4O2. The van der Waals surface area contributed by atoms with E-state index in [2.05, 4.69) is 16.5 Å². The van der Waals surface area contributed by atoms with Crippen LogP contribution in [0, 0.1) is 18.3 Å². The Kier molecular flexibility index (Phi) is 4.10. The molecule has 0 spiro atoms. The first-order valence-corrected chi connectivity index (χ1v) is 5.38. The summed E-state index contributed by atoms with van der Waals surface area (Å²) in [6.45, 7) is 5.51. The molecule has 0 aromatic carbocycles. The van der Waals surface area contributed by atoms with Crippen LogP contribution in [0.1, 0.15) is 25.1 Å². The number of aromatic nitrogens is 2. The van der Waals surface area contributed by atoms with Crippen LogP contribution in [0.2, 0.25) is 0 Å². The Hall–Kier alpha value is -2.03. The first-order valence-electron chi connectivity index (χ1n) is 5.38. The van der Waals surface area contributed by atoms with Gasteiger partial charge in [0.25, 0.3) is 0 Å². The number of aryl methyl sites for hydroxylation is 2. The molecule has 0 aliphatic carbocycles. The Morgan fingerprint density at radius 1 is 1.71 bits per heavy atom. The van der Waals surface area contributed by atoms with Gasteiger partial charge in [-0.05, 0) is 20.8 Å². The summed E-state index contributed by atoms with van der Waals surface area (Å²) in [6.07, 6.45) is 0. The third-order valence-electron chi connectivity index (χ3n) is 2.33. The Labute approximate surface area is 100 Å². The lowest BCUT2D eigenvalue weighted by Crippen LogP contribution is -2.29. The monoisotopic (exact) mass is 236 g/mol. The van der Waals surface area contributed by atoms with Crippen molar-refractivity contribution < 1.29 is 9.53 Å². The van der Waals surface area contributed by atoms with Crippen molar-refractivity contribution in [3.8, 4) is 6.07 Å². The highest BCUT2D eigenvalue weighted by Gasteiger charge is 2.19. The van der Waals surface area contributed by atoms with E-state index >= 15 is 0 Å². The maximum atomic E-state index is 11.5. The van der Waals surface area contributed by atoms with Crippen molar-refractivity contribution in [2.75, 3.05) is 11.9 Å². The predicted octanol–water partition coefficient (Wildman–Crippen LogP) is 0.964. The SMILES string of the molecule is CCOC(=O)C(C)Nc1c(C#N)c(C)nn1C. The van der Waals surface area contributed by atoms with Crippen molar-refractivity contribution in [2.24, 2.45) is 7.05 Å². The molecule has 0 bridgehead atoms. The predicted molar refractivity (Wildman–Crippen MR) is 62.4 cm³/mol. The van der Waals surface area contributed by atoms with Gasteiger partial charge in [0.1, 0.15) is 23.5 Å². The number of esters is 1. The second-order valence-electron chi connectivity index (χ2n) is 3.66. The summed E-state index contributed by atoms with van der Waals surface area (Å²) in [4.78, 5) is 11.5. The molecule has 0 saturated heterocycles. The standard InChI is InChI=1S/C11H16N4O2/c1-5-17-11(16)8(3)13-10-9(6-12)7(2)14-15(10)4/h8,13H,5H2,1-4H3. The van der Waals surface area contributed by atoms with Gasteiger partial charge in [-0.2, -0.15) is 10.4 Å². The van der Waals surface area contributed by atoms with Crippen LogP contribution in [0.5, 0.6) is 0 Å². The molecule has 1 unspecified atom stereocenters. The summed E-state index contributed by atoms with van der Waals surface area (Å²) in [5.74, 6) is 0.181. The van der Waals surface area contributed by atoms with Crippen LogP contribution >= 0.6 is 0 Å². The number of nitrogens with one attached hydrogen (secondary N) is 1. The molecule has 1 aromatic rings. The molecule has 0 aliphatic heterocycles. The molecule has 6 heteroatoms. The smallest absolute Gasteiger partial charge is 0.328 e. The molecule has 0 saturated carbocycles. The highest BCUT2D eigenvalue weighted by atomic mass is 16.5. The topological polar surface area (TPSA) is 79.9 Å². The third-order valence-corrected chi connectivity index (χ3v) is 2.33. The number of nitriles is 1. The van der Waals surface area contributed by atoms with Gasteiger partial charge in [-0.15, -0.1) is 0 Å². The molecule has 92 valence electrons. The molecule has 0 amide bonds. The normalized spacial score (nSPS) is 11.7. The largest absolute Gasteiger partial charge is 0.464 e. The van der Waals surface area contributed by atoms with E-state index < -0.39 is 6.04 Å². The van der Waals surface area contributed by atoms with Crippen molar-refractivity contribution in [1.82, 2.24) is 9.78 Å². The first kappa shape index (κ1) is 13.0. The van der Waals surface area contributed by atoms with Crippen LogP contribution in [0.15, 0.2) is 0 Å².